The fourth-order valence-electron chi connectivity index (χ4n) is 3.44. The summed E-state index contributed by atoms with van der Waals surface area (Å²) in [5.74, 6) is 0.146. The van der Waals surface area contributed by atoms with Crippen molar-refractivity contribution in [3.05, 3.63) is 65.5 Å². The van der Waals surface area contributed by atoms with E-state index in [-0.39, 0.29) is 42.8 Å². The van der Waals surface area contributed by atoms with Gasteiger partial charge in [0.05, 0.1) is 0 Å². The van der Waals surface area contributed by atoms with Crippen LogP contribution >= 0.6 is 12.4 Å². The summed E-state index contributed by atoms with van der Waals surface area (Å²) in [5.41, 5.74) is 7.59. The monoisotopic (exact) mass is 392 g/mol. The SMILES string of the molecule is CC(N)C1CCCCN1C(=O)c1cccc(COc2cccc(F)c2)c1.Cl. The van der Waals surface area contributed by atoms with E-state index < -0.39 is 0 Å². The van der Waals surface area contributed by atoms with Gasteiger partial charge in [0, 0.05) is 30.3 Å². The molecule has 3 rings (SSSR count). The predicted octanol–water partition coefficient (Wildman–Crippen LogP) is 4.17. The lowest BCUT2D eigenvalue weighted by atomic mass is 9.96. The Labute approximate surface area is 165 Å². The smallest absolute Gasteiger partial charge is 0.254 e. The largest absolute Gasteiger partial charge is 0.489 e. The standard InChI is InChI=1S/C21H25FN2O2.ClH/c1-15(23)20-10-2-3-11-24(20)21(25)17-7-4-6-16(12-17)14-26-19-9-5-8-18(22)13-19;/h4-9,12-13,15,20H,2-3,10-11,14,23H2,1H3;1H. The van der Waals surface area contributed by atoms with Gasteiger partial charge in [0.15, 0.2) is 0 Å². The summed E-state index contributed by atoms with van der Waals surface area (Å²) in [6.45, 7) is 2.98. The minimum atomic E-state index is -0.335. The molecule has 0 spiro atoms. The number of benzene rings is 2. The summed E-state index contributed by atoms with van der Waals surface area (Å²) in [7, 11) is 0. The van der Waals surface area contributed by atoms with Crippen LogP contribution in [0.5, 0.6) is 5.75 Å². The average Bonchev–Trinajstić information content (AvgIpc) is 2.66. The van der Waals surface area contributed by atoms with Crippen molar-refractivity contribution in [1.82, 2.24) is 4.90 Å². The lowest BCUT2D eigenvalue weighted by Crippen LogP contribution is -2.51. The Balaban J connectivity index is 0.00000261. The third kappa shape index (κ3) is 5.44. The van der Waals surface area contributed by atoms with Crippen LogP contribution in [0.15, 0.2) is 48.5 Å². The van der Waals surface area contributed by atoms with Crippen molar-refractivity contribution in [2.75, 3.05) is 6.54 Å². The summed E-state index contributed by atoms with van der Waals surface area (Å²) in [6, 6.07) is 13.5. The second-order valence-electron chi connectivity index (χ2n) is 6.87. The molecule has 1 heterocycles. The number of hydrogen-bond donors (Lipinski definition) is 1. The average molecular weight is 393 g/mol. The minimum absolute atomic E-state index is 0. The van der Waals surface area contributed by atoms with Gasteiger partial charge in [-0.05, 0) is 56.0 Å². The molecule has 1 amide bonds. The number of amides is 1. The van der Waals surface area contributed by atoms with Crippen molar-refractivity contribution >= 4 is 18.3 Å². The zero-order valence-corrected chi connectivity index (χ0v) is 16.3. The fraction of sp³-hybridized carbons (Fsp3) is 0.381. The van der Waals surface area contributed by atoms with Crippen LogP contribution in [0.25, 0.3) is 0 Å². The van der Waals surface area contributed by atoms with E-state index in [4.69, 9.17) is 10.5 Å². The quantitative estimate of drug-likeness (QED) is 0.830. The first-order chi connectivity index (χ1) is 12.5. The van der Waals surface area contributed by atoms with Gasteiger partial charge < -0.3 is 15.4 Å². The summed E-state index contributed by atoms with van der Waals surface area (Å²) in [6.07, 6.45) is 3.07. The molecule has 2 atom stereocenters. The number of likely N-dealkylation sites (tertiary alicyclic amines) is 1. The first kappa shape index (κ1) is 21.2. The van der Waals surface area contributed by atoms with E-state index in [1.54, 1.807) is 12.1 Å². The molecule has 2 aromatic rings. The number of rotatable bonds is 5. The third-order valence-electron chi connectivity index (χ3n) is 4.79. The molecule has 4 nitrogen and oxygen atoms in total. The molecule has 0 bridgehead atoms. The Morgan fingerprint density at radius 2 is 2.04 bits per heavy atom. The summed E-state index contributed by atoms with van der Waals surface area (Å²) in [5, 5.41) is 0. The van der Waals surface area contributed by atoms with Crippen LogP contribution in [0.4, 0.5) is 4.39 Å². The van der Waals surface area contributed by atoms with Crippen LogP contribution in [0, 0.1) is 5.82 Å². The Kier molecular flexibility index (Phi) is 7.63. The Bertz CT molecular complexity index is 769. The molecule has 1 aliphatic heterocycles. The molecule has 1 aliphatic rings. The van der Waals surface area contributed by atoms with Crippen molar-refractivity contribution in [1.29, 1.82) is 0 Å². The van der Waals surface area contributed by atoms with Crippen LogP contribution in [-0.4, -0.2) is 29.4 Å². The Morgan fingerprint density at radius 3 is 2.78 bits per heavy atom. The lowest BCUT2D eigenvalue weighted by molar-refractivity contribution is 0.0583. The minimum Gasteiger partial charge on any atom is -0.489 e. The lowest BCUT2D eigenvalue weighted by Gasteiger charge is -2.38. The molecule has 0 saturated carbocycles. The van der Waals surface area contributed by atoms with E-state index in [0.717, 1.165) is 31.4 Å². The van der Waals surface area contributed by atoms with Crippen LogP contribution in [-0.2, 0) is 6.61 Å². The van der Waals surface area contributed by atoms with Gasteiger partial charge in [0.2, 0.25) is 0 Å². The molecule has 1 fully saturated rings. The number of carbonyl (C=O) groups excluding carboxylic acids is 1. The number of carbonyl (C=O) groups is 1. The van der Waals surface area contributed by atoms with Crippen LogP contribution in [0.3, 0.4) is 0 Å². The van der Waals surface area contributed by atoms with E-state index in [0.29, 0.717) is 11.3 Å². The molecule has 0 aliphatic carbocycles. The maximum absolute atomic E-state index is 13.2. The maximum Gasteiger partial charge on any atom is 0.254 e. The molecule has 146 valence electrons. The van der Waals surface area contributed by atoms with Gasteiger partial charge >= 0.3 is 0 Å². The highest BCUT2D eigenvalue weighted by Gasteiger charge is 2.29. The second-order valence-corrected chi connectivity index (χ2v) is 6.87. The number of hydrogen-bond acceptors (Lipinski definition) is 3. The van der Waals surface area contributed by atoms with Crippen molar-refractivity contribution in [3.8, 4) is 5.75 Å². The highest BCUT2D eigenvalue weighted by Crippen LogP contribution is 2.22. The van der Waals surface area contributed by atoms with Gasteiger partial charge in [-0.15, -0.1) is 12.4 Å². The van der Waals surface area contributed by atoms with E-state index >= 15 is 0 Å². The number of halogens is 2. The zero-order chi connectivity index (χ0) is 18.5. The summed E-state index contributed by atoms with van der Waals surface area (Å²) < 4.78 is 18.9. The van der Waals surface area contributed by atoms with Crippen LogP contribution in [0.1, 0.15) is 42.1 Å². The topological polar surface area (TPSA) is 55.6 Å². The number of nitrogens with two attached hydrogens (primary N) is 1. The molecule has 0 aromatic heterocycles. The van der Waals surface area contributed by atoms with Gasteiger partial charge in [0.1, 0.15) is 18.2 Å². The fourth-order valence-corrected chi connectivity index (χ4v) is 3.44. The van der Waals surface area contributed by atoms with Gasteiger partial charge in [-0.25, -0.2) is 4.39 Å². The highest BCUT2D eigenvalue weighted by molar-refractivity contribution is 5.94. The Hall–Kier alpha value is -2.11. The van der Waals surface area contributed by atoms with Gasteiger partial charge in [-0.1, -0.05) is 18.2 Å². The van der Waals surface area contributed by atoms with E-state index in [1.165, 1.54) is 12.1 Å². The normalized spacial score (nSPS) is 17.7. The van der Waals surface area contributed by atoms with Crippen LogP contribution in [0.2, 0.25) is 0 Å². The predicted molar refractivity (Wildman–Crippen MR) is 107 cm³/mol. The molecule has 1 saturated heterocycles. The van der Waals surface area contributed by atoms with E-state index in [9.17, 15) is 9.18 Å². The van der Waals surface area contributed by atoms with Crippen molar-refractivity contribution in [3.63, 3.8) is 0 Å². The second kappa shape index (κ2) is 9.72. The first-order valence-electron chi connectivity index (χ1n) is 9.08. The number of piperidine rings is 1. The van der Waals surface area contributed by atoms with Gasteiger partial charge in [-0.3, -0.25) is 4.79 Å². The summed E-state index contributed by atoms with van der Waals surface area (Å²) >= 11 is 0. The van der Waals surface area contributed by atoms with E-state index in [2.05, 4.69) is 0 Å². The molecule has 2 aromatic carbocycles. The molecule has 2 unspecified atom stereocenters. The molecule has 2 N–H and O–H groups in total. The van der Waals surface area contributed by atoms with Gasteiger partial charge in [0.25, 0.3) is 5.91 Å². The number of ether oxygens (including phenoxy) is 1. The molecule has 27 heavy (non-hydrogen) atoms. The first-order valence-corrected chi connectivity index (χ1v) is 9.08. The third-order valence-corrected chi connectivity index (χ3v) is 4.79. The van der Waals surface area contributed by atoms with Crippen molar-refractivity contribution in [2.24, 2.45) is 5.73 Å². The molecular weight excluding hydrogens is 367 g/mol. The zero-order valence-electron chi connectivity index (χ0n) is 15.4. The van der Waals surface area contributed by atoms with Crippen LogP contribution < -0.4 is 10.5 Å². The number of nitrogens with zero attached hydrogens (tertiary/aromatic N) is 1. The van der Waals surface area contributed by atoms with Crippen molar-refractivity contribution in [2.45, 2.75) is 44.9 Å². The highest BCUT2D eigenvalue weighted by atomic mass is 35.5. The molecular formula is C21H26ClFN2O2. The maximum atomic E-state index is 13.2. The molecule has 6 heteroatoms. The van der Waals surface area contributed by atoms with Crippen molar-refractivity contribution < 1.29 is 13.9 Å². The Morgan fingerprint density at radius 1 is 1.26 bits per heavy atom. The van der Waals surface area contributed by atoms with E-state index in [1.807, 2.05) is 36.1 Å². The summed E-state index contributed by atoms with van der Waals surface area (Å²) in [4.78, 5) is 14.9. The van der Waals surface area contributed by atoms with Gasteiger partial charge in [-0.2, -0.15) is 0 Å². The molecule has 0 radical (unpaired) electrons.